The molecule has 0 fully saturated rings. The zero-order valence-electron chi connectivity index (χ0n) is 9.90. The average Bonchev–Trinajstić information content (AvgIpc) is 2.28. The van der Waals surface area contributed by atoms with Gasteiger partial charge in [0.05, 0.1) is 10.6 Å². The molecule has 0 aliphatic rings. The predicted octanol–water partition coefficient (Wildman–Crippen LogP) is 2.74. The van der Waals surface area contributed by atoms with Gasteiger partial charge in [-0.15, -0.1) is 0 Å². The van der Waals surface area contributed by atoms with Crippen molar-refractivity contribution in [3.05, 3.63) is 28.7 Å². The van der Waals surface area contributed by atoms with Crippen molar-refractivity contribution in [1.29, 1.82) is 0 Å². The van der Waals surface area contributed by atoms with Crippen LogP contribution in [0.5, 0.6) is 0 Å². The van der Waals surface area contributed by atoms with Crippen LogP contribution in [0.1, 0.15) is 26.2 Å². The highest BCUT2D eigenvalue weighted by Crippen LogP contribution is 2.23. The van der Waals surface area contributed by atoms with E-state index < -0.39 is 9.84 Å². The van der Waals surface area contributed by atoms with E-state index in [-0.39, 0.29) is 11.8 Å². The molecule has 1 rings (SSSR count). The Morgan fingerprint density at radius 2 is 2.00 bits per heavy atom. The molecule has 2 N–H and O–H groups in total. The first-order valence-electron chi connectivity index (χ1n) is 5.70. The molecule has 1 atom stereocenters. The molecular weight excluding hydrogens is 302 g/mol. The monoisotopic (exact) mass is 319 g/mol. The molecule has 0 saturated carbocycles. The minimum Gasteiger partial charge on any atom is -0.328 e. The van der Waals surface area contributed by atoms with Crippen LogP contribution in [0.4, 0.5) is 0 Å². The van der Waals surface area contributed by atoms with E-state index in [4.69, 9.17) is 5.73 Å². The minimum atomic E-state index is -3.20. The largest absolute Gasteiger partial charge is 0.328 e. The summed E-state index contributed by atoms with van der Waals surface area (Å²) in [5, 5.41) is 0. The van der Waals surface area contributed by atoms with Crippen LogP contribution in [-0.4, -0.2) is 20.2 Å². The van der Waals surface area contributed by atoms with E-state index in [1.165, 1.54) is 0 Å². The normalized spacial score (nSPS) is 13.6. The second-order valence-corrected chi connectivity index (χ2v) is 6.99. The van der Waals surface area contributed by atoms with Crippen molar-refractivity contribution in [2.45, 2.75) is 37.1 Å². The summed E-state index contributed by atoms with van der Waals surface area (Å²) in [7, 11) is -3.20. The van der Waals surface area contributed by atoms with Crippen LogP contribution in [0.2, 0.25) is 0 Å². The van der Waals surface area contributed by atoms with Gasteiger partial charge < -0.3 is 5.73 Å². The SMILES string of the molecule is CCC(N)CCCS(=O)(=O)c1ccccc1Br. The molecule has 0 radical (unpaired) electrons. The first-order chi connectivity index (χ1) is 7.97. The molecule has 5 heteroatoms. The van der Waals surface area contributed by atoms with E-state index in [2.05, 4.69) is 15.9 Å². The van der Waals surface area contributed by atoms with E-state index >= 15 is 0 Å². The fraction of sp³-hybridized carbons (Fsp3) is 0.500. The van der Waals surface area contributed by atoms with E-state index in [9.17, 15) is 8.42 Å². The molecule has 0 saturated heterocycles. The van der Waals surface area contributed by atoms with Crippen molar-refractivity contribution in [1.82, 2.24) is 0 Å². The summed E-state index contributed by atoms with van der Waals surface area (Å²) in [4.78, 5) is 0.366. The van der Waals surface area contributed by atoms with Gasteiger partial charge in [-0.05, 0) is 47.3 Å². The van der Waals surface area contributed by atoms with Gasteiger partial charge in [-0.2, -0.15) is 0 Å². The first-order valence-corrected chi connectivity index (χ1v) is 8.14. The fourth-order valence-corrected chi connectivity index (χ4v) is 3.99. The third-order valence-corrected chi connectivity index (χ3v) is 5.49. The highest BCUT2D eigenvalue weighted by atomic mass is 79.9. The number of nitrogens with two attached hydrogens (primary N) is 1. The van der Waals surface area contributed by atoms with Gasteiger partial charge in [0.2, 0.25) is 0 Å². The maximum Gasteiger partial charge on any atom is 0.179 e. The molecule has 1 unspecified atom stereocenters. The van der Waals surface area contributed by atoms with Gasteiger partial charge in [-0.1, -0.05) is 19.1 Å². The molecule has 0 aromatic heterocycles. The number of sulfone groups is 1. The molecule has 0 heterocycles. The molecule has 96 valence electrons. The Morgan fingerprint density at radius 1 is 1.35 bits per heavy atom. The van der Waals surface area contributed by atoms with Crippen molar-refractivity contribution in [3.8, 4) is 0 Å². The maximum atomic E-state index is 12.1. The van der Waals surface area contributed by atoms with Crippen molar-refractivity contribution >= 4 is 25.8 Å². The highest BCUT2D eigenvalue weighted by Gasteiger charge is 2.17. The van der Waals surface area contributed by atoms with Crippen molar-refractivity contribution < 1.29 is 8.42 Å². The quantitative estimate of drug-likeness (QED) is 0.877. The second kappa shape index (κ2) is 6.52. The Kier molecular flexibility index (Phi) is 5.62. The van der Waals surface area contributed by atoms with Crippen LogP contribution < -0.4 is 5.73 Å². The van der Waals surface area contributed by atoms with Gasteiger partial charge in [0, 0.05) is 10.5 Å². The van der Waals surface area contributed by atoms with Crippen LogP contribution in [-0.2, 0) is 9.84 Å². The smallest absolute Gasteiger partial charge is 0.179 e. The second-order valence-electron chi connectivity index (χ2n) is 4.06. The Morgan fingerprint density at radius 3 is 2.59 bits per heavy atom. The first kappa shape index (κ1) is 14.7. The Bertz CT molecular complexity index is 459. The molecule has 0 bridgehead atoms. The molecule has 17 heavy (non-hydrogen) atoms. The lowest BCUT2D eigenvalue weighted by Gasteiger charge is -2.09. The van der Waals surface area contributed by atoms with Crippen LogP contribution in [0.25, 0.3) is 0 Å². The van der Waals surface area contributed by atoms with E-state index in [0.717, 1.165) is 12.8 Å². The summed E-state index contributed by atoms with van der Waals surface area (Å²) in [5.41, 5.74) is 5.77. The number of hydrogen-bond donors (Lipinski definition) is 1. The van der Waals surface area contributed by atoms with E-state index in [1.54, 1.807) is 24.3 Å². The summed E-state index contributed by atoms with van der Waals surface area (Å²) >= 11 is 3.26. The van der Waals surface area contributed by atoms with Gasteiger partial charge in [0.1, 0.15) is 0 Å². The summed E-state index contributed by atoms with van der Waals surface area (Å²) in [6.45, 7) is 2.01. The standard InChI is InChI=1S/C12H18BrNO2S/c1-2-10(14)6-5-9-17(15,16)12-8-4-3-7-11(12)13/h3-4,7-8,10H,2,5-6,9,14H2,1H3. The lowest BCUT2D eigenvalue weighted by molar-refractivity contribution is 0.567. The summed E-state index contributed by atoms with van der Waals surface area (Å²) in [5.74, 6) is 0.156. The number of rotatable bonds is 6. The molecule has 1 aromatic rings. The lowest BCUT2D eigenvalue weighted by atomic mass is 10.1. The van der Waals surface area contributed by atoms with E-state index in [1.807, 2.05) is 6.92 Å². The van der Waals surface area contributed by atoms with Crippen LogP contribution >= 0.6 is 15.9 Å². The molecule has 0 amide bonds. The molecule has 0 aliphatic carbocycles. The highest BCUT2D eigenvalue weighted by molar-refractivity contribution is 9.10. The molecule has 1 aromatic carbocycles. The molecule has 0 aliphatic heterocycles. The van der Waals surface area contributed by atoms with Gasteiger partial charge in [0.15, 0.2) is 9.84 Å². The summed E-state index contributed by atoms with van der Waals surface area (Å²) in [6, 6.07) is 7.00. The molecule has 3 nitrogen and oxygen atoms in total. The van der Waals surface area contributed by atoms with Crippen molar-refractivity contribution in [3.63, 3.8) is 0 Å². The maximum absolute atomic E-state index is 12.1. The summed E-state index contributed by atoms with van der Waals surface area (Å²) < 4.78 is 24.7. The van der Waals surface area contributed by atoms with Gasteiger partial charge >= 0.3 is 0 Å². The third-order valence-electron chi connectivity index (χ3n) is 2.68. The van der Waals surface area contributed by atoms with Crippen LogP contribution in [0.3, 0.4) is 0 Å². The van der Waals surface area contributed by atoms with Gasteiger partial charge in [0.25, 0.3) is 0 Å². The van der Waals surface area contributed by atoms with Crippen LogP contribution in [0, 0.1) is 0 Å². The van der Waals surface area contributed by atoms with E-state index in [0.29, 0.717) is 15.8 Å². The number of benzene rings is 1. The van der Waals surface area contributed by atoms with Gasteiger partial charge in [-0.25, -0.2) is 8.42 Å². The number of hydrogen-bond acceptors (Lipinski definition) is 3. The Labute approximate surface area is 111 Å². The zero-order chi connectivity index (χ0) is 12.9. The topological polar surface area (TPSA) is 60.2 Å². The van der Waals surface area contributed by atoms with Gasteiger partial charge in [-0.3, -0.25) is 0 Å². The summed E-state index contributed by atoms with van der Waals surface area (Å²) in [6.07, 6.45) is 2.24. The minimum absolute atomic E-state index is 0.101. The lowest BCUT2D eigenvalue weighted by Crippen LogP contribution is -2.19. The fourth-order valence-electron chi connectivity index (χ4n) is 1.55. The average molecular weight is 320 g/mol. The third kappa shape index (κ3) is 4.41. The van der Waals surface area contributed by atoms with Crippen molar-refractivity contribution in [2.75, 3.05) is 5.75 Å². The molecular formula is C12H18BrNO2S. The van der Waals surface area contributed by atoms with Crippen molar-refractivity contribution in [2.24, 2.45) is 5.73 Å². The Hall–Kier alpha value is -0.390. The zero-order valence-corrected chi connectivity index (χ0v) is 12.3. The van der Waals surface area contributed by atoms with Crippen LogP contribution in [0.15, 0.2) is 33.6 Å². The predicted molar refractivity (Wildman–Crippen MR) is 73.7 cm³/mol. The Balaban J connectivity index is 2.67. The number of halogens is 1. The molecule has 0 spiro atoms.